The summed E-state index contributed by atoms with van der Waals surface area (Å²) in [6.07, 6.45) is 3.61. The van der Waals surface area contributed by atoms with Gasteiger partial charge in [0.2, 0.25) is 0 Å². The third kappa shape index (κ3) is 8.53. The standard InChI is InChI=1S/C12H26N2O2/c1-4-8-13-9-7-10-14-12(15)16-11(5-2)6-3/h11,13H,4-10H2,1-3H3,(H,14,15). The molecule has 96 valence electrons. The average Bonchev–Trinajstić information content (AvgIpc) is 2.30. The van der Waals surface area contributed by atoms with E-state index >= 15 is 0 Å². The van der Waals surface area contributed by atoms with E-state index in [1.165, 1.54) is 0 Å². The maximum absolute atomic E-state index is 11.3. The quantitative estimate of drug-likeness (QED) is 0.597. The normalized spacial score (nSPS) is 10.5. The van der Waals surface area contributed by atoms with Crippen molar-refractivity contribution in [1.29, 1.82) is 0 Å². The summed E-state index contributed by atoms with van der Waals surface area (Å²) in [7, 11) is 0. The van der Waals surface area contributed by atoms with Crippen LogP contribution in [0.25, 0.3) is 0 Å². The van der Waals surface area contributed by atoms with Crippen LogP contribution in [-0.2, 0) is 4.74 Å². The Morgan fingerprint density at radius 3 is 2.38 bits per heavy atom. The largest absolute Gasteiger partial charge is 0.446 e. The molecule has 0 aliphatic carbocycles. The van der Waals surface area contributed by atoms with Crippen LogP contribution in [0.5, 0.6) is 0 Å². The number of amides is 1. The molecule has 2 N–H and O–H groups in total. The van der Waals surface area contributed by atoms with Gasteiger partial charge in [0.15, 0.2) is 0 Å². The molecule has 0 aromatic rings. The zero-order valence-electron chi connectivity index (χ0n) is 10.8. The first kappa shape index (κ1) is 15.2. The smallest absolute Gasteiger partial charge is 0.407 e. The van der Waals surface area contributed by atoms with E-state index in [0.29, 0.717) is 6.54 Å². The number of nitrogens with one attached hydrogen (secondary N) is 2. The minimum Gasteiger partial charge on any atom is -0.446 e. The highest BCUT2D eigenvalue weighted by Crippen LogP contribution is 2.02. The predicted octanol–water partition coefficient (Wildman–Crippen LogP) is 2.29. The third-order valence-electron chi connectivity index (χ3n) is 2.41. The lowest BCUT2D eigenvalue weighted by Crippen LogP contribution is -2.30. The highest BCUT2D eigenvalue weighted by Gasteiger charge is 2.08. The lowest BCUT2D eigenvalue weighted by molar-refractivity contribution is 0.0930. The molecular formula is C12H26N2O2. The van der Waals surface area contributed by atoms with E-state index in [-0.39, 0.29) is 12.2 Å². The Bertz CT molecular complexity index is 170. The Hall–Kier alpha value is -0.770. The first-order valence-corrected chi connectivity index (χ1v) is 6.39. The van der Waals surface area contributed by atoms with Gasteiger partial charge < -0.3 is 15.4 Å². The van der Waals surface area contributed by atoms with Gasteiger partial charge in [-0.2, -0.15) is 0 Å². The average molecular weight is 230 g/mol. The maximum atomic E-state index is 11.3. The van der Waals surface area contributed by atoms with Gasteiger partial charge in [-0.3, -0.25) is 0 Å². The van der Waals surface area contributed by atoms with Gasteiger partial charge in [0, 0.05) is 6.54 Å². The fourth-order valence-electron chi connectivity index (χ4n) is 1.35. The van der Waals surface area contributed by atoms with E-state index < -0.39 is 0 Å². The topological polar surface area (TPSA) is 50.4 Å². The fraction of sp³-hybridized carbons (Fsp3) is 0.917. The van der Waals surface area contributed by atoms with E-state index in [1.807, 2.05) is 13.8 Å². The Balaban J connectivity index is 3.36. The lowest BCUT2D eigenvalue weighted by atomic mass is 10.2. The van der Waals surface area contributed by atoms with Crippen molar-refractivity contribution in [3.05, 3.63) is 0 Å². The van der Waals surface area contributed by atoms with Crippen molar-refractivity contribution in [2.45, 2.75) is 52.6 Å². The van der Waals surface area contributed by atoms with Crippen LogP contribution >= 0.6 is 0 Å². The second kappa shape index (κ2) is 10.7. The van der Waals surface area contributed by atoms with E-state index in [9.17, 15) is 4.79 Å². The Kier molecular flexibility index (Phi) is 10.2. The second-order valence-electron chi connectivity index (χ2n) is 3.87. The molecule has 16 heavy (non-hydrogen) atoms. The van der Waals surface area contributed by atoms with E-state index in [0.717, 1.165) is 38.8 Å². The van der Waals surface area contributed by atoms with E-state index in [1.54, 1.807) is 0 Å². The molecule has 0 aromatic carbocycles. The maximum Gasteiger partial charge on any atom is 0.407 e. The van der Waals surface area contributed by atoms with E-state index in [2.05, 4.69) is 17.6 Å². The Labute approximate surface area is 99.1 Å². The van der Waals surface area contributed by atoms with Crippen LogP contribution in [-0.4, -0.2) is 31.8 Å². The molecule has 4 nitrogen and oxygen atoms in total. The molecule has 0 aliphatic heterocycles. The Morgan fingerprint density at radius 2 is 1.81 bits per heavy atom. The number of alkyl carbamates (subject to hydrolysis) is 1. The molecule has 0 aromatic heterocycles. The molecule has 0 heterocycles. The predicted molar refractivity (Wildman–Crippen MR) is 66.6 cm³/mol. The monoisotopic (exact) mass is 230 g/mol. The molecule has 0 fully saturated rings. The van der Waals surface area contributed by atoms with Gasteiger partial charge in [-0.25, -0.2) is 4.79 Å². The zero-order valence-corrected chi connectivity index (χ0v) is 10.8. The molecular weight excluding hydrogens is 204 g/mol. The lowest BCUT2D eigenvalue weighted by Gasteiger charge is -2.14. The summed E-state index contributed by atoms with van der Waals surface area (Å²) in [6.45, 7) is 8.84. The summed E-state index contributed by atoms with van der Waals surface area (Å²) in [5, 5.41) is 6.04. The summed E-state index contributed by atoms with van der Waals surface area (Å²) < 4.78 is 5.21. The number of carbonyl (C=O) groups excluding carboxylic acids is 1. The highest BCUT2D eigenvalue weighted by atomic mass is 16.6. The van der Waals surface area contributed by atoms with Crippen molar-refractivity contribution in [2.24, 2.45) is 0 Å². The van der Waals surface area contributed by atoms with Crippen molar-refractivity contribution >= 4 is 6.09 Å². The number of hydrogen-bond donors (Lipinski definition) is 2. The van der Waals surface area contributed by atoms with Crippen LogP contribution in [0.1, 0.15) is 46.5 Å². The van der Waals surface area contributed by atoms with Crippen molar-refractivity contribution in [2.75, 3.05) is 19.6 Å². The van der Waals surface area contributed by atoms with Gasteiger partial charge in [-0.05, 0) is 38.8 Å². The van der Waals surface area contributed by atoms with Gasteiger partial charge in [0.25, 0.3) is 0 Å². The second-order valence-corrected chi connectivity index (χ2v) is 3.87. The van der Waals surface area contributed by atoms with Crippen LogP contribution in [0.15, 0.2) is 0 Å². The van der Waals surface area contributed by atoms with Gasteiger partial charge in [0.05, 0.1) is 0 Å². The van der Waals surface area contributed by atoms with Crippen molar-refractivity contribution < 1.29 is 9.53 Å². The Morgan fingerprint density at radius 1 is 1.12 bits per heavy atom. The minimum absolute atomic E-state index is 0.0539. The third-order valence-corrected chi connectivity index (χ3v) is 2.41. The number of carbonyl (C=O) groups is 1. The van der Waals surface area contributed by atoms with Crippen molar-refractivity contribution in [1.82, 2.24) is 10.6 Å². The van der Waals surface area contributed by atoms with Crippen molar-refractivity contribution in [3.63, 3.8) is 0 Å². The molecule has 0 saturated carbocycles. The summed E-state index contributed by atoms with van der Waals surface area (Å²) in [5.41, 5.74) is 0. The van der Waals surface area contributed by atoms with E-state index in [4.69, 9.17) is 4.74 Å². The van der Waals surface area contributed by atoms with Gasteiger partial charge in [0.1, 0.15) is 6.10 Å². The molecule has 0 unspecified atom stereocenters. The molecule has 0 atom stereocenters. The van der Waals surface area contributed by atoms with Crippen LogP contribution in [0.3, 0.4) is 0 Å². The van der Waals surface area contributed by atoms with Crippen LogP contribution in [0, 0.1) is 0 Å². The number of ether oxygens (including phenoxy) is 1. The van der Waals surface area contributed by atoms with Gasteiger partial charge >= 0.3 is 6.09 Å². The van der Waals surface area contributed by atoms with Crippen LogP contribution in [0.2, 0.25) is 0 Å². The summed E-state index contributed by atoms with van der Waals surface area (Å²) in [6, 6.07) is 0. The summed E-state index contributed by atoms with van der Waals surface area (Å²) in [4.78, 5) is 11.3. The first-order valence-electron chi connectivity index (χ1n) is 6.39. The van der Waals surface area contributed by atoms with Crippen LogP contribution in [0.4, 0.5) is 4.79 Å². The zero-order chi connectivity index (χ0) is 12.2. The van der Waals surface area contributed by atoms with Gasteiger partial charge in [-0.15, -0.1) is 0 Å². The summed E-state index contributed by atoms with van der Waals surface area (Å²) in [5.74, 6) is 0. The molecule has 0 rings (SSSR count). The molecule has 0 radical (unpaired) electrons. The molecule has 4 heteroatoms. The molecule has 1 amide bonds. The first-order chi connectivity index (χ1) is 7.74. The molecule has 0 bridgehead atoms. The van der Waals surface area contributed by atoms with Gasteiger partial charge in [-0.1, -0.05) is 20.8 Å². The number of rotatable bonds is 9. The van der Waals surface area contributed by atoms with Crippen LogP contribution < -0.4 is 10.6 Å². The minimum atomic E-state index is -0.288. The SMILES string of the molecule is CCCNCCCNC(=O)OC(CC)CC. The molecule has 0 saturated heterocycles. The molecule has 0 aliphatic rings. The number of hydrogen-bond acceptors (Lipinski definition) is 3. The molecule has 0 spiro atoms. The highest BCUT2D eigenvalue weighted by molar-refractivity contribution is 5.67. The van der Waals surface area contributed by atoms with Crippen molar-refractivity contribution in [3.8, 4) is 0 Å². The fourth-order valence-corrected chi connectivity index (χ4v) is 1.35. The summed E-state index contributed by atoms with van der Waals surface area (Å²) >= 11 is 0.